The molecule has 0 saturated carbocycles. The first-order chi connectivity index (χ1) is 29.0. The quantitative estimate of drug-likeness (QED) is 0.134. The number of amides is 2. The molecule has 0 bridgehead atoms. The van der Waals surface area contributed by atoms with Gasteiger partial charge in [0.2, 0.25) is 5.95 Å². The highest BCUT2D eigenvalue weighted by Gasteiger charge is 2.27. The van der Waals surface area contributed by atoms with E-state index in [0.29, 0.717) is 32.1 Å². The standard InChI is InChI=1S/C23H29N5O2.C22H30N4O2.CBrN/c1-23(2,3)30-22(29)27-13-11-26(12-14-27)16-17-9-10-20-19(15-17)25-21(24)28(20)18-7-5-4-6-8-18;1-22(2,3)28-21(27)26-13-11-25(12-14-26)16-17-9-10-20(19(23)15-17)24-18-7-5-4-6-8-18;2-1-3/h4-10,15H,11-14,16H2,1-3H3,(H2,24,25);4-10,15,24H,11-14,16,23H2,1-3H3;. The van der Waals surface area contributed by atoms with E-state index in [4.69, 9.17) is 26.2 Å². The van der Waals surface area contributed by atoms with Gasteiger partial charge in [0, 0.05) is 92.8 Å². The van der Waals surface area contributed by atoms with E-state index in [1.807, 2.05) is 119 Å². The van der Waals surface area contributed by atoms with Crippen LogP contribution < -0.4 is 16.8 Å². The first-order valence-corrected chi connectivity index (χ1v) is 21.2. The van der Waals surface area contributed by atoms with Crippen LogP contribution in [0, 0.1) is 10.2 Å². The van der Waals surface area contributed by atoms with E-state index in [0.717, 1.165) is 73.1 Å². The van der Waals surface area contributed by atoms with Crippen LogP contribution in [0.1, 0.15) is 52.7 Å². The van der Waals surface area contributed by atoms with Crippen LogP contribution in [-0.2, 0) is 22.6 Å². The molecule has 5 aromatic rings. The normalized spacial score (nSPS) is 14.8. The van der Waals surface area contributed by atoms with Crippen molar-refractivity contribution < 1.29 is 19.1 Å². The highest BCUT2D eigenvalue weighted by Crippen LogP contribution is 2.26. The van der Waals surface area contributed by atoms with Crippen LogP contribution in [0.25, 0.3) is 16.7 Å². The lowest BCUT2D eigenvalue weighted by molar-refractivity contribution is 0.0129. The Balaban J connectivity index is 0.000000218. The maximum Gasteiger partial charge on any atom is 0.410 e. The minimum absolute atomic E-state index is 0.229. The fourth-order valence-corrected chi connectivity index (χ4v) is 6.94. The summed E-state index contributed by atoms with van der Waals surface area (Å²) in [6, 6.07) is 32.5. The van der Waals surface area contributed by atoms with Crippen LogP contribution >= 0.6 is 15.9 Å². The highest BCUT2D eigenvalue weighted by atomic mass is 79.9. The highest BCUT2D eigenvalue weighted by molar-refractivity contribution is 9.12. The van der Waals surface area contributed by atoms with Crippen molar-refractivity contribution in [2.75, 3.05) is 69.1 Å². The molecule has 61 heavy (non-hydrogen) atoms. The number of para-hydroxylation sites is 2. The molecule has 7 rings (SSSR count). The van der Waals surface area contributed by atoms with Crippen LogP contribution in [0.15, 0.2) is 97.1 Å². The third kappa shape index (κ3) is 14.1. The van der Waals surface area contributed by atoms with Crippen molar-refractivity contribution in [3.8, 4) is 10.7 Å². The molecular weight excluding hydrogens is 836 g/mol. The van der Waals surface area contributed by atoms with Crippen LogP contribution in [0.2, 0.25) is 0 Å². The molecule has 5 N–H and O–H groups in total. The second-order valence-corrected chi connectivity index (χ2v) is 17.3. The summed E-state index contributed by atoms with van der Waals surface area (Å²) in [5, 5.41) is 10.6. The van der Waals surface area contributed by atoms with E-state index in [1.165, 1.54) is 11.1 Å². The molecule has 0 radical (unpaired) electrons. The summed E-state index contributed by atoms with van der Waals surface area (Å²) in [5.41, 5.74) is 19.4. The van der Waals surface area contributed by atoms with Crippen LogP contribution in [0.5, 0.6) is 0 Å². The molecule has 324 valence electrons. The number of carbonyl (C=O) groups is 2. The third-order valence-electron chi connectivity index (χ3n) is 9.79. The van der Waals surface area contributed by atoms with Crippen LogP contribution in [0.4, 0.5) is 32.6 Å². The number of benzene rings is 4. The van der Waals surface area contributed by atoms with E-state index in [1.54, 1.807) is 14.8 Å². The molecule has 2 saturated heterocycles. The molecule has 1 aromatic heterocycles. The van der Waals surface area contributed by atoms with Crippen molar-refractivity contribution >= 4 is 62.2 Å². The number of fused-ring (bicyclic) bond motifs is 1. The molecule has 4 aromatic carbocycles. The average molecular weight is 896 g/mol. The van der Waals surface area contributed by atoms with Gasteiger partial charge in [-0.2, -0.15) is 5.26 Å². The predicted octanol–water partition coefficient (Wildman–Crippen LogP) is 8.59. The number of ether oxygens (including phenoxy) is 2. The van der Waals surface area contributed by atoms with Gasteiger partial charge in [0.1, 0.15) is 16.2 Å². The Hall–Kier alpha value is -5.82. The second-order valence-electron chi connectivity index (χ2n) is 16.9. The van der Waals surface area contributed by atoms with E-state index in [-0.39, 0.29) is 12.2 Å². The maximum absolute atomic E-state index is 12.2. The molecular formula is C46H59BrN10O4. The van der Waals surface area contributed by atoms with Gasteiger partial charge in [0.05, 0.1) is 22.4 Å². The van der Waals surface area contributed by atoms with Gasteiger partial charge in [0.15, 0.2) is 0 Å². The molecule has 2 aliphatic rings. The summed E-state index contributed by atoms with van der Waals surface area (Å²) in [5.74, 6) is 0.485. The summed E-state index contributed by atoms with van der Waals surface area (Å²) in [7, 11) is 0. The van der Waals surface area contributed by atoms with E-state index < -0.39 is 11.2 Å². The Labute approximate surface area is 368 Å². The summed E-state index contributed by atoms with van der Waals surface area (Å²) in [6.07, 6.45) is -0.460. The summed E-state index contributed by atoms with van der Waals surface area (Å²) in [6.45, 7) is 19.0. The smallest absolute Gasteiger partial charge is 0.410 e. The van der Waals surface area contributed by atoms with Crippen LogP contribution in [0.3, 0.4) is 0 Å². The zero-order valence-electron chi connectivity index (χ0n) is 36.1. The molecule has 0 aliphatic carbocycles. The van der Waals surface area contributed by atoms with E-state index in [9.17, 15) is 9.59 Å². The lowest BCUT2D eigenvalue weighted by Crippen LogP contribution is -2.49. The number of nitrogens with two attached hydrogens (primary N) is 2. The Morgan fingerprint density at radius 1 is 0.705 bits per heavy atom. The summed E-state index contributed by atoms with van der Waals surface area (Å²) >= 11 is 2.45. The third-order valence-corrected chi connectivity index (χ3v) is 9.79. The fourth-order valence-electron chi connectivity index (χ4n) is 6.94. The number of rotatable bonds is 7. The lowest BCUT2D eigenvalue weighted by atomic mass is 10.1. The van der Waals surface area contributed by atoms with Crippen molar-refractivity contribution in [1.29, 1.82) is 5.26 Å². The van der Waals surface area contributed by atoms with Gasteiger partial charge in [-0.15, -0.1) is 0 Å². The molecule has 2 aliphatic heterocycles. The number of nitrogen functional groups attached to an aromatic ring is 2. The number of nitrogens with zero attached hydrogens (tertiary/aromatic N) is 7. The molecule has 2 amide bonds. The zero-order chi connectivity index (χ0) is 44.2. The van der Waals surface area contributed by atoms with Gasteiger partial charge in [-0.05, 0) is 101 Å². The van der Waals surface area contributed by atoms with Gasteiger partial charge in [-0.1, -0.05) is 48.5 Å². The average Bonchev–Trinajstić information content (AvgIpc) is 3.54. The molecule has 2 fully saturated rings. The Kier molecular flexibility index (Phi) is 16.0. The number of nitrogens with one attached hydrogen (secondary N) is 1. The van der Waals surface area contributed by atoms with E-state index >= 15 is 0 Å². The number of halogens is 1. The van der Waals surface area contributed by atoms with Crippen molar-refractivity contribution in [1.82, 2.24) is 29.2 Å². The fraction of sp³-hybridized carbons (Fsp3) is 0.391. The van der Waals surface area contributed by atoms with Crippen molar-refractivity contribution in [2.45, 2.75) is 65.8 Å². The number of anilines is 4. The molecule has 14 nitrogen and oxygen atoms in total. The predicted molar refractivity (Wildman–Crippen MR) is 247 cm³/mol. The SMILES string of the molecule is CC(C)(C)OC(=O)N1CCN(Cc2ccc(Nc3ccccc3)c(N)c2)CC1.CC(C)(C)OC(=O)N1CCN(Cc2ccc3c(c2)nc(N)n3-c2ccccc2)CC1.N#CBr. The van der Waals surface area contributed by atoms with E-state index in [2.05, 4.69) is 60.3 Å². The van der Waals surface area contributed by atoms with Gasteiger partial charge in [-0.25, -0.2) is 14.6 Å². The summed E-state index contributed by atoms with van der Waals surface area (Å²) in [4.78, 5) is 38.8. The number of piperazine rings is 2. The number of imidazole rings is 1. The number of hydrogen-bond donors (Lipinski definition) is 3. The van der Waals surface area contributed by atoms with Crippen molar-refractivity contribution in [3.05, 3.63) is 108 Å². The van der Waals surface area contributed by atoms with Gasteiger partial charge < -0.3 is 36.1 Å². The monoisotopic (exact) mass is 894 g/mol. The van der Waals surface area contributed by atoms with Gasteiger partial charge in [0.25, 0.3) is 0 Å². The topological polar surface area (TPSA) is 171 Å². The molecule has 0 spiro atoms. The largest absolute Gasteiger partial charge is 0.444 e. The zero-order valence-corrected chi connectivity index (χ0v) is 37.7. The van der Waals surface area contributed by atoms with Crippen LogP contribution in [-0.4, -0.2) is 105 Å². The number of nitriles is 1. The summed E-state index contributed by atoms with van der Waals surface area (Å²) < 4.78 is 12.9. The number of hydrogen-bond acceptors (Lipinski definition) is 11. The molecule has 15 heteroatoms. The first kappa shape index (κ1) is 46.2. The second kappa shape index (κ2) is 21.1. The Morgan fingerprint density at radius 2 is 1.16 bits per heavy atom. The van der Waals surface area contributed by atoms with Gasteiger partial charge in [-0.3, -0.25) is 14.4 Å². The number of aromatic nitrogens is 2. The Bertz CT molecular complexity index is 2230. The minimum Gasteiger partial charge on any atom is -0.444 e. The number of carbonyl (C=O) groups excluding carboxylic acids is 2. The molecule has 0 unspecified atom stereocenters. The maximum atomic E-state index is 12.2. The Morgan fingerprint density at radius 3 is 1.64 bits per heavy atom. The van der Waals surface area contributed by atoms with Crippen molar-refractivity contribution in [3.63, 3.8) is 0 Å². The van der Waals surface area contributed by atoms with Gasteiger partial charge >= 0.3 is 12.2 Å². The molecule has 0 atom stereocenters. The first-order valence-electron chi connectivity index (χ1n) is 20.4. The molecule has 3 heterocycles. The minimum atomic E-state index is -0.464. The van der Waals surface area contributed by atoms with Crippen molar-refractivity contribution in [2.24, 2.45) is 0 Å². The lowest BCUT2D eigenvalue weighted by Gasteiger charge is -2.35.